The van der Waals surface area contributed by atoms with Gasteiger partial charge in [-0.1, -0.05) is 178 Å². The van der Waals surface area contributed by atoms with Crippen LogP contribution in [0.4, 0.5) is 34.1 Å². The Balaban J connectivity index is 1.02. The van der Waals surface area contributed by atoms with Gasteiger partial charge in [0.2, 0.25) is 0 Å². The van der Waals surface area contributed by atoms with Crippen LogP contribution in [-0.2, 0) is 5.41 Å². The van der Waals surface area contributed by atoms with Crippen LogP contribution < -0.4 is 9.80 Å². The lowest BCUT2D eigenvalue weighted by molar-refractivity contribution is 0.645. The first-order valence-corrected chi connectivity index (χ1v) is 26.1. The van der Waals surface area contributed by atoms with Crippen LogP contribution in [0.5, 0.6) is 0 Å². The van der Waals surface area contributed by atoms with Crippen molar-refractivity contribution in [1.29, 1.82) is 0 Å². The van der Waals surface area contributed by atoms with E-state index in [1.807, 2.05) is 34.8 Å². The van der Waals surface area contributed by atoms with E-state index in [0.717, 1.165) is 22.7 Å². The number of aryl methyl sites for hydroxylation is 2. The minimum Gasteiger partial charge on any atom is -0.309 e. The maximum absolute atomic E-state index is 3.95. The van der Waals surface area contributed by atoms with Crippen LogP contribution in [0.3, 0.4) is 0 Å². The summed E-state index contributed by atoms with van der Waals surface area (Å²) in [6.45, 7) is 13.4. The predicted molar refractivity (Wildman–Crippen MR) is 311 cm³/mol. The number of fused-ring (bicyclic) bond motifs is 8. The number of benzene rings is 10. The number of para-hydroxylation sites is 2. The second-order valence-electron chi connectivity index (χ2n) is 19.3. The number of rotatable bonds is 9. The van der Waals surface area contributed by atoms with Gasteiger partial charge in [-0.25, -0.2) is 0 Å². The van der Waals surface area contributed by atoms with Crippen LogP contribution in [0.25, 0.3) is 80.1 Å². The molecule has 1 aliphatic carbocycles. The van der Waals surface area contributed by atoms with Crippen molar-refractivity contribution < 1.29 is 0 Å². The van der Waals surface area contributed by atoms with Crippen molar-refractivity contribution in [2.24, 2.45) is 0 Å². The summed E-state index contributed by atoms with van der Waals surface area (Å²) < 4.78 is 3.85. The van der Waals surface area contributed by atoms with Gasteiger partial charge in [0.1, 0.15) is 0 Å². The van der Waals surface area contributed by atoms with Gasteiger partial charge >= 0.3 is 0 Å². The van der Waals surface area contributed by atoms with Crippen LogP contribution in [0.2, 0.25) is 0 Å². The molecule has 0 N–H and O–H groups in total. The van der Waals surface area contributed by atoms with Crippen molar-refractivity contribution in [2.75, 3.05) is 9.80 Å². The monoisotopic (exact) mass is 946 g/mol. The molecule has 0 fully saturated rings. The summed E-state index contributed by atoms with van der Waals surface area (Å²) in [5.74, 6) is 0. The van der Waals surface area contributed by atoms with E-state index in [1.54, 1.807) is 0 Å². The van der Waals surface area contributed by atoms with E-state index in [2.05, 4.69) is 250 Å². The summed E-state index contributed by atoms with van der Waals surface area (Å²) in [6, 6.07) is 74.4. The summed E-state index contributed by atoms with van der Waals surface area (Å²) >= 11 is 3.74. The number of thiophene rings is 2. The molecule has 2 nitrogen and oxygen atoms in total. The lowest BCUT2D eigenvalue weighted by atomic mass is 9.67. The molecule has 0 atom stereocenters. The molecular weight excluding hydrogens is 897 g/mol. The zero-order chi connectivity index (χ0) is 48.0. The van der Waals surface area contributed by atoms with Crippen LogP contribution in [0.15, 0.2) is 219 Å². The molecule has 0 saturated carbocycles. The van der Waals surface area contributed by atoms with Crippen LogP contribution in [-0.4, -0.2) is 0 Å². The van der Waals surface area contributed by atoms with Crippen molar-refractivity contribution in [2.45, 2.75) is 33.1 Å². The number of hydrogen-bond donors (Lipinski definition) is 0. The average molecular weight is 947 g/mol. The highest BCUT2D eigenvalue weighted by Crippen LogP contribution is 2.55. The quantitative estimate of drug-likeness (QED) is 0.105. The smallest absolute Gasteiger partial charge is 0.0640 e. The fraction of sp³-hybridized carbons (Fsp3) is 0.0746. The first-order chi connectivity index (χ1) is 34.8. The molecule has 4 heteroatoms. The fourth-order valence-electron chi connectivity index (χ4n) is 11.6. The summed E-state index contributed by atoms with van der Waals surface area (Å²) in [4.78, 5) is 6.27. The zero-order valence-electron chi connectivity index (χ0n) is 40.2. The van der Waals surface area contributed by atoms with Gasteiger partial charge in [-0.15, -0.1) is 22.7 Å². The van der Waals surface area contributed by atoms with Gasteiger partial charge in [0.15, 0.2) is 0 Å². The lowest BCUT2D eigenvalue weighted by Crippen LogP contribution is -2.25. The van der Waals surface area contributed by atoms with E-state index in [9.17, 15) is 0 Å². The molecule has 0 unspecified atom stereocenters. The number of nitrogens with zero attached hydrogens (tertiary/aromatic N) is 2. The highest BCUT2D eigenvalue weighted by molar-refractivity contribution is 7.26. The normalized spacial score (nSPS) is 12.9. The van der Waals surface area contributed by atoms with Gasteiger partial charge in [-0.05, 0) is 135 Å². The molecule has 0 radical (unpaired) electrons. The zero-order valence-corrected chi connectivity index (χ0v) is 41.8. The predicted octanol–water partition coefficient (Wildman–Crippen LogP) is 20.3. The SMILES string of the molecule is C=C/C=C\c1c(C)sc2c(N(c3ccccc3)c3ccc4c(c3)C(C)(C)c3cccc5c3c-4c(C)c3ccc(N(c4ccccc4-c4ccccc4)c4cccc6c4sc4ccccc46)cc35)cccc12. The summed E-state index contributed by atoms with van der Waals surface area (Å²) in [5.41, 5.74) is 16.9. The molecule has 1 aliphatic rings. The standard InChI is InChI=1S/C67H50N2S2/c1-6-7-25-49-43(3)70-65-53(49)29-19-33-60(65)68(45-23-12-9-13-24-45)47-37-39-55-58(41-47)67(4,5)57-31-18-28-52-56-40-46(36-38-48(56)42(2)63(55)64(52)57)69(59-32-16-14-26-50(59)44-21-10-8-11-22-44)61-34-20-30-54-51-27-15-17-35-62(51)71-66(54)61/h6-41H,1H2,2-5H3/b25-7-. The van der Waals surface area contributed by atoms with Crippen molar-refractivity contribution in [3.63, 3.8) is 0 Å². The number of allylic oxidation sites excluding steroid dienone is 2. The number of hydrogen-bond acceptors (Lipinski definition) is 4. The van der Waals surface area contributed by atoms with Gasteiger partial charge in [0.05, 0.1) is 26.5 Å². The molecule has 0 bridgehead atoms. The lowest BCUT2D eigenvalue weighted by Gasteiger charge is -2.38. The second kappa shape index (κ2) is 16.8. The molecule has 0 spiro atoms. The Morgan fingerprint density at radius 2 is 1.10 bits per heavy atom. The van der Waals surface area contributed by atoms with Crippen molar-refractivity contribution in [3.8, 4) is 22.3 Å². The maximum atomic E-state index is 3.95. The van der Waals surface area contributed by atoms with Gasteiger partial charge in [0.25, 0.3) is 0 Å². The van der Waals surface area contributed by atoms with Gasteiger partial charge < -0.3 is 9.80 Å². The molecule has 2 heterocycles. The highest BCUT2D eigenvalue weighted by Gasteiger charge is 2.36. The topological polar surface area (TPSA) is 6.48 Å². The molecule has 0 aliphatic heterocycles. The van der Waals surface area contributed by atoms with E-state index in [-0.39, 0.29) is 5.41 Å². The fourth-order valence-corrected chi connectivity index (χ4v) is 14.0. The van der Waals surface area contributed by atoms with Crippen LogP contribution >= 0.6 is 22.7 Å². The van der Waals surface area contributed by atoms with Crippen LogP contribution in [0.1, 0.15) is 41.0 Å². The third kappa shape index (κ3) is 6.73. The van der Waals surface area contributed by atoms with E-state index >= 15 is 0 Å². The Morgan fingerprint density at radius 3 is 1.92 bits per heavy atom. The van der Waals surface area contributed by atoms with Crippen LogP contribution in [0, 0.1) is 13.8 Å². The first kappa shape index (κ1) is 43.0. The summed E-state index contributed by atoms with van der Waals surface area (Å²) in [7, 11) is 0. The molecule has 340 valence electrons. The van der Waals surface area contributed by atoms with Crippen molar-refractivity contribution in [1.82, 2.24) is 0 Å². The highest BCUT2D eigenvalue weighted by atomic mass is 32.1. The molecule has 2 aromatic heterocycles. The molecule has 0 saturated heterocycles. The largest absolute Gasteiger partial charge is 0.309 e. The molecular formula is C67H50N2S2. The molecule has 0 amide bonds. The van der Waals surface area contributed by atoms with E-state index in [0.29, 0.717) is 0 Å². The molecule has 10 aromatic carbocycles. The number of anilines is 6. The maximum Gasteiger partial charge on any atom is 0.0640 e. The first-order valence-electron chi connectivity index (χ1n) is 24.5. The van der Waals surface area contributed by atoms with Gasteiger partial charge in [-0.2, -0.15) is 0 Å². The Hall–Kier alpha value is -8.02. The van der Waals surface area contributed by atoms with E-state index < -0.39 is 0 Å². The minimum atomic E-state index is -0.302. The molecule has 13 rings (SSSR count). The Bertz CT molecular complexity index is 4130. The van der Waals surface area contributed by atoms with E-state index in [1.165, 1.54) is 113 Å². The van der Waals surface area contributed by atoms with Crippen molar-refractivity contribution in [3.05, 3.63) is 246 Å². The van der Waals surface area contributed by atoms with Gasteiger partial charge in [-0.3, -0.25) is 0 Å². The van der Waals surface area contributed by atoms with E-state index in [4.69, 9.17) is 0 Å². The van der Waals surface area contributed by atoms with Gasteiger partial charge in [0, 0.05) is 53.8 Å². The Labute approximate surface area is 423 Å². The summed E-state index contributed by atoms with van der Waals surface area (Å²) in [6.07, 6.45) is 6.09. The third-order valence-corrected chi connectivity index (χ3v) is 17.3. The Morgan fingerprint density at radius 1 is 0.465 bits per heavy atom. The summed E-state index contributed by atoms with van der Waals surface area (Å²) in [5, 5.41) is 9.00. The third-order valence-electron chi connectivity index (χ3n) is 14.9. The van der Waals surface area contributed by atoms with Crippen molar-refractivity contribution >= 4 is 115 Å². The molecule has 71 heavy (non-hydrogen) atoms. The molecule has 12 aromatic rings. The average Bonchev–Trinajstić information content (AvgIpc) is 3.96. The second-order valence-corrected chi connectivity index (χ2v) is 21.6. The minimum absolute atomic E-state index is 0.302. The Kier molecular flexibility index (Phi) is 10.2.